The molecule has 0 bridgehead atoms. The summed E-state index contributed by atoms with van der Waals surface area (Å²) in [7, 11) is 2.71. The molecule has 0 amide bonds. The lowest BCUT2D eigenvalue weighted by molar-refractivity contribution is -0.0801. The van der Waals surface area contributed by atoms with Crippen LogP contribution in [0.15, 0.2) is 6.07 Å². The summed E-state index contributed by atoms with van der Waals surface area (Å²) >= 11 is 0. The van der Waals surface area contributed by atoms with Crippen molar-refractivity contribution in [1.29, 1.82) is 0 Å². The molecule has 1 aliphatic heterocycles. The molecule has 2 heterocycles. The molecule has 6 nitrogen and oxygen atoms in total. The molecule has 1 N–H and O–H groups in total. The summed E-state index contributed by atoms with van der Waals surface area (Å²) in [5, 5.41) is 13.8. The summed E-state index contributed by atoms with van der Waals surface area (Å²) in [6.07, 6.45) is -1.04. The van der Waals surface area contributed by atoms with Crippen LogP contribution in [-0.2, 0) is 21.1 Å². The molecule has 19 heavy (non-hydrogen) atoms. The van der Waals surface area contributed by atoms with E-state index in [1.54, 1.807) is 17.8 Å². The number of hydrogen-bond acceptors (Lipinski definition) is 5. The minimum absolute atomic E-state index is 0.401. The summed E-state index contributed by atoms with van der Waals surface area (Å²) in [5.74, 6) is 0. The van der Waals surface area contributed by atoms with Crippen LogP contribution in [0.4, 0.5) is 0 Å². The number of aliphatic hydroxyl groups excluding tert-OH is 1. The normalized spacial score (nSPS) is 22.8. The highest BCUT2D eigenvalue weighted by molar-refractivity contribution is 6.61. The Morgan fingerprint density at radius 3 is 2.32 bits per heavy atom. The molecule has 0 radical (unpaired) electrons. The van der Waals surface area contributed by atoms with Gasteiger partial charge in [0.25, 0.3) is 0 Å². The van der Waals surface area contributed by atoms with Crippen molar-refractivity contribution in [2.45, 2.75) is 45.2 Å². The third kappa shape index (κ3) is 2.43. The number of aromatic nitrogens is 2. The molecule has 1 fully saturated rings. The van der Waals surface area contributed by atoms with E-state index in [0.717, 1.165) is 5.59 Å². The molecule has 1 atom stereocenters. The first-order valence-corrected chi connectivity index (χ1v) is 6.28. The average molecular weight is 268 g/mol. The maximum absolute atomic E-state index is 9.64. The molecule has 0 aliphatic carbocycles. The molecule has 0 spiro atoms. The molecule has 2 rings (SSSR count). The Kier molecular flexibility index (Phi) is 3.51. The third-order valence-electron chi connectivity index (χ3n) is 3.91. The van der Waals surface area contributed by atoms with E-state index in [1.165, 1.54) is 7.11 Å². The van der Waals surface area contributed by atoms with Crippen LogP contribution in [0, 0.1) is 0 Å². The second-order valence-corrected chi connectivity index (χ2v) is 5.79. The number of rotatable bonds is 3. The van der Waals surface area contributed by atoms with Gasteiger partial charge in [0, 0.05) is 14.2 Å². The summed E-state index contributed by atoms with van der Waals surface area (Å²) in [4.78, 5) is 0. The maximum Gasteiger partial charge on any atom is 0.514 e. The van der Waals surface area contributed by atoms with Crippen LogP contribution in [0.5, 0.6) is 0 Å². The lowest BCUT2D eigenvalue weighted by Gasteiger charge is -2.32. The van der Waals surface area contributed by atoms with Gasteiger partial charge in [-0.3, -0.25) is 4.68 Å². The van der Waals surface area contributed by atoms with Crippen LogP contribution >= 0.6 is 0 Å². The van der Waals surface area contributed by atoms with E-state index in [-0.39, 0.29) is 0 Å². The number of ether oxygens (including phenoxy) is 1. The molecule has 1 unspecified atom stereocenters. The Balaban J connectivity index is 2.27. The molecular formula is C12H21BN2O4. The van der Waals surface area contributed by atoms with E-state index in [2.05, 4.69) is 5.10 Å². The molecule has 7 heteroatoms. The van der Waals surface area contributed by atoms with Gasteiger partial charge in [0.15, 0.2) is 6.29 Å². The summed E-state index contributed by atoms with van der Waals surface area (Å²) in [6.45, 7) is 7.98. The van der Waals surface area contributed by atoms with Crippen LogP contribution in [0.3, 0.4) is 0 Å². The standard InChI is InChI=1S/C12H21BN2O4/c1-11(2)12(3,4)19-13(18-11)9-7-8(10(16)17-6)14-15(9)5/h7,10,16H,1-6H3. The van der Waals surface area contributed by atoms with Gasteiger partial charge in [-0.05, 0) is 33.8 Å². The Bertz CT molecular complexity index is 456. The molecule has 106 valence electrons. The Morgan fingerprint density at radius 2 is 1.84 bits per heavy atom. The summed E-state index contributed by atoms with van der Waals surface area (Å²) < 4.78 is 18.4. The van der Waals surface area contributed by atoms with Gasteiger partial charge in [-0.2, -0.15) is 5.10 Å². The molecule has 0 saturated carbocycles. The van der Waals surface area contributed by atoms with Crippen molar-refractivity contribution in [3.8, 4) is 0 Å². The average Bonchev–Trinajstić information content (AvgIpc) is 2.77. The Labute approximate surface area is 113 Å². The van der Waals surface area contributed by atoms with Crippen molar-refractivity contribution in [2.24, 2.45) is 7.05 Å². The number of aliphatic hydroxyl groups is 1. The number of hydrogen-bond donors (Lipinski definition) is 1. The van der Waals surface area contributed by atoms with E-state index in [0.29, 0.717) is 5.69 Å². The fourth-order valence-corrected chi connectivity index (χ4v) is 1.93. The highest BCUT2D eigenvalue weighted by Crippen LogP contribution is 2.36. The minimum Gasteiger partial charge on any atom is -0.398 e. The summed E-state index contributed by atoms with van der Waals surface area (Å²) in [6, 6.07) is 1.73. The van der Waals surface area contributed by atoms with E-state index in [1.807, 2.05) is 27.7 Å². The molecule has 0 aromatic carbocycles. The zero-order valence-electron chi connectivity index (χ0n) is 12.3. The first kappa shape index (κ1) is 14.5. The summed E-state index contributed by atoms with van der Waals surface area (Å²) in [5.41, 5.74) is 0.392. The third-order valence-corrected chi connectivity index (χ3v) is 3.91. The lowest BCUT2D eigenvalue weighted by atomic mass is 9.84. The zero-order valence-corrected chi connectivity index (χ0v) is 12.3. The van der Waals surface area contributed by atoms with Crippen LogP contribution in [0.2, 0.25) is 0 Å². The second-order valence-electron chi connectivity index (χ2n) is 5.79. The van der Waals surface area contributed by atoms with Crippen LogP contribution in [0.1, 0.15) is 39.7 Å². The topological polar surface area (TPSA) is 65.7 Å². The maximum atomic E-state index is 9.64. The van der Waals surface area contributed by atoms with Crippen molar-refractivity contribution in [3.05, 3.63) is 11.8 Å². The predicted octanol–water partition coefficient (Wildman–Crippen LogP) is 0.357. The van der Waals surface area contributed by atoms with Crippen molar-refractivity contribution in [2.75, 3.05) is 7.11 Å². The van der Waals surface area contributed by atoms with Gasteiger partial charge in [0.05, 0.1) is 16.8 Å². The monoisotopic (exact) mass is 268 g/mol. The SMILES string of the molecule is COC(O)c1cc(B2OC(C)(C)C(C)(C)O2)n(C)n1. The van der Waals surface area contributed by atoms with Gasteiger partial charge in [0.2, 0.25) is 0 Å². The van der Waals surface area contributed by atoms with E-state index >= 15 is 0 Å². The van der Waals surface area contributed by atoms with Gasteiger partial charge >= 0.3 is 7.12 Å². The number of aryl methyl sites for hydroxylation is 1. The minimum atomic E-state index is -1.04. The van der Waals surface area contributed by atoms with Crippen LogP contribution in [0.25, 0.3) is 0 Å². The van der Waals surface area contributed by atoms with Gasteiger partial charge in [-0.1, -0.05) is 0 Å². The largest absolute Gasteiger partial charge is 0.514 e. The van der Waals surface area contributed by atoms with Gasteiger partial charge in [-0.25, -0.2) is 0 Å². The predicted molar refractivity (Wildman–Crippen MR) is 70.9 cm³/mol. The van der Waals surface area contributed by atoms with Gasteiger partial charge in [-0.15, -0.1) is 0 Å². The van der Waals surface area contributed by atoms with Crippen LogP contribution < -0.4 is 5.59 Å². The fraction of sp³-hybridized carbons (Fsp3) is 0.750. The lowest BCUT2D eigenvalue weighted by Crippen LogP contribution is -2.41. The Morgan fingerprint density at radius 1 is 1.32 bits per heavy atom. The van der Waals surface area contributed by atoms with Crippen molar-refractivity contribution >= 4 is 12.7 Å². The van der Waals surface area contributed by atoms with Gasteiger partial charge in [0.1, 0.15) is 5.69 Å². The van der Waals surface area contributed by atoms with Crippen LogP contribution in [-0.4, -0.2) is 40.3 Å². The molecular weight excluding hydrogens is 247 g/mol. The van der Waals surface area contributed by atoms with E-state index in [4.69, 9.17) is 14.0 Å². The van der Waals surface area contributed by atoms with Crippen molar-refractivity contribution < 1.29 is 19.2 Å². The highest BCUT2D eigenvalue weighted by atomic mass is 16.7. The van der Waals surface area contributed by atoms with E-state index in [9.17, 15) is 5.11 Å². The highest BCUT2D eigenvalue weighted by Gasteiger charge is 2.52. The molecule has 1 aliphatic rings. The first-order valence-electron chi connectivity index (χ1n) is 6.28. The van der Waals surface area contributed by atoms with Crippen molar-refractivity contribution in [3.63, 3.8) is 0 Å². The molecule has 1 saturated heterocycles. The smallest absolute Gasteiger partial charge is 0.398 e. The van der Waals surface area contributed by atoms with E-state index < -0.39 is 24.6 Å². The number of nitrogens with zero attached hydrogens (tertiary/aromatic N) is 2. The van der Waals surface area contributed by atoms with Gasteiger partial charge < -0.3 is 19.2 Å². The quantitative estimate of drug-likeness (QED) is 0.633. The molecule has 1 aromatic rings. The second kappa shape index (κ2) is 4.59. The zero-order chi connectivity index (χ0) is 14.4. The van der Waals surface area contributed by atoms with Crippen molar-refractivity contribution in [1.82, 2.24) is 9.78 Å². The first-order chi connectivity index (χ1) is 8.68. The molecule has 1 aromatic heterocycles. The number of methoxy groups -OCH3 is 1. The fourth-order valence-electron chi connectivity index (χ4n) is 1.93. The Hall–Kier alpha value is -0.885.